The Kier molecular flexibility index (Phi) is 5.46. The molecule has 8 heteroatoms. The highest BCUT2D eigenvalue weighted by atomic mass is 35.5. The zero-order valence-corrected chi connectivity index (χ0v) is 15.3. The lowest BCUT2D eigenvalue weighted by molar-refractivity contribution is 0.597. The molecule has 0 aliphatic rings. The van der Waals surface area contributed by atoms with Crippen molar-refractivity contribution >= 4 is 33.2 Å². The van der Waals surface area contributed by atoms with Crippen molar-refractivity contribution in [3.05, 3.63) is 65.6 Å². The Hall–Kier alpha value is -1.83. The number of thioether (sulfide) groups is 1. The summed E-state index contributed by atoms with van der Waals surface area (Å²) in [5, 5.41) is 1.11. The molecule has 0 fully saturated rings. The van der Waals surface area contributed by atoms with Gasteiger partial charge < -0.3 is 4.98 Å². The highest BCUT2D eigenvalue weighted by molar-refractivity contribution is 8.00. The number of benzene rings is 2. The van der Waals surface area contributed by atoms with Crippen LogP contribution in [0.5, 0.6) is 0 Å². The van der Waals surface area contributed by atoms with E-state index < -0.39 is 9.84 Å². The maximum atomic E-state index is 13.0. The van der Waals surface area contributed by atoms with E-state index >= 15 is 0 Å². The summed E-state index contributed by atoms with van der Waals surface area (Å²) in [5.41, 5.74) is 1.57. The van der Waals surface area contributed by atoms with Gasteiger partial charge in [-0.3, -0.25) is 0 Å². The van der Waals surface area contributed by atoms with Crippen LogP contribution in [0.25, 0.3) is 11.3 Å². The second kappa shape index (κ2) is 7.59. The minimum atomic E-state index is -3.36. The number of aromatic nitrogens is 2. The Morgan fingerprint density at radius 1 is 1.08 bits per heavy atom. The normalized spacial score (nSPS) is 11.6. The third-order valence-corrected chi connectivity index (χ3v) is 6.60. The highest BCUT2D eigenvalue weighted by Crippen LogP contribution is 2.23. The molecular weight excluding hydrogens is 383 g/mol. The standard InChI is InChI=1S/C17H14ClFN2O2S2/c18-13-3-7-15(8-4-13)25(22,23)10-9-24-17-20-11-16(21-17)12-1-5-14(19)6-2-12/h1-8,11H,9-10H2,(H,20,21). The SMILES string of the molecule is O=S(=O)(CCSc1ncc(-c2ccc(F)cc2)[nH]1)c1ccc(Cl)cc1. The van der Waals surface area contributed by atoms with Crippen LogP contribution in [0.15, 0.2) is 64.8 Å². The third kappa shape index (κ3) is 4.62. The Bertz CT molecular complexity index is 955. The van der Waals surface area contributed by atoms with Crippen LogP contribution >= 0.6 is 23.4 Å². The number of imidazole rings is 1. The second-order valence-electron chi connectivity index (χ2n) is 5.23. The van der Waals surface area contributed by atoms with Gasteiger partial charge >= 0.3 is 0 Å². The van der Waals surface area contributed by atoms with E-state index in [1.165, 1.54) is 36.0 Å². The fourth-order valence-electron chi connectivity index (χ4n) is 2.16. The third-order valence-electron chi connectivity index (χ3n) is 3.47. The van der Waals surface area contributed by atoms with Crippen LogP contribution in [0.2, 0.25) is 5.02 Å². The highest BCUT2D eigenvalue weighted by Gasteiger charge is 2.14. The van der Waals surface area contributed by atoms with Gasteiger partial charge in [-0.1, -0.05) is 23.4 Å². The number of nitrogens with zero attached hydrogens (tertiary/aromatic N) is 1. The summed E-state index contributed by atoms with van der Waals surface area (Å²) in [7, 11) is -3.36. The molecule has 1 N–H and O–H groups in total. The maximum absolute atomic E-state index is 13.0. The van der Waals surface area contributed by atoms with E-state index in [2.05, 4.69) is 9.97 Å². The minimum Gasteiger partial charge on any atom is -0.333 e. The lowest BCUT2D eigenvalue weighted by atomic mass is 10.2. The number of H-pyrrole nitrogens is 1. The smallest absolute Gasteiger partial charge is 0.179 e. The van der Waals surface area contributed by atoms with Gasteiger partial charge in [-0.25, -0.2) is 17.8 Å². The van der Waals surface area contributed by atoms with Crippen LogP contribution in [-0.4, -0.2) is 29.9 Å². The molecule has 0 unspecified atom stereocenters. The van der Waals surface area contributed by atoms with E-state index in [1.807, 2.05) is 0 Å². The first kappa shape index (κ1) is 18.0. The first-order valence-electron chi connectivity index (χ1n) is 7.36. The van der Waals surface area contributed by atoms with Gasteiger partial charge in [-0.2, -0.15) is 0 Å². The van der Waals surface area contributed by atoms with Gasteiger partial charge in [0, 0.05) is 10.8 Å². The topological polar surface area (TPSA) is 62.8 Å². The molecule has 0 radical (unpaired) electrons. The summed E-state index contributed by atoms with van der Waals surface area (Å²) < 4.78 is 37.5. The van der Waals surface area contributed by atoms with Crippen molar-refractivity contribution in [2.45, 2.75) is 10.1 Å². The maximum Gasteiger partial charge on any atom is 0.179 e. The van der Waals surface area contributed by atoms with Gasteiger partial charge in [0.05, 0.1) is 22.5 Å². The van der Waals surface area contributed by atoms with Crippen LogP contribution < -0.4 is 0 Å². The number of hydrogen-bond donors (Lipinski definition) is 1. The fraction of sp³-hybridized carbons (Fsp3) is 0.118. The Balaban J connectivity index is 1.61. The average Bonchev–Trinajstić information content (AvgIpc) is 3.04. The average molecular weight is 397 g/mol. The molecule has 0 aliphatic carbocycles. The quantitative estimate of drug-likeness (QED) is 0.626. The number of nitrogens with one attached hydrogen (secondary N) is 1. The molecule has 0 saturated carbocycles. The summed E-state index contributed by atoms with van der Waals surface area (Å²) in [5.74, 6) is 0.0537. The van der Waals surface area contributed by atoms with Crippen molar-refractivity contribution in [2.75, 3.05) is 11.5 Å². The van der Waals surface area contributed by atoms with Crippen molar-refractivity contribution in [1.29, 1.82) is 0 Å². The molecule has 0 atom stereocenters. The second-order valence-corrected chi connectivity index (χ2v) is 8.86. The van der Waals surface area contributed by atoms with Crippen LogP contribution in [-0.2, 0) is 9.84 Å². The molecule has 25 heavy (non-hydrogen) atoms. The molecular formula is C17H14ClFN2O2S2. The van der Waals surface area contributed by atoms with Crippen LogP contribution in [0.3, 0.4) is 0 Å². The monoisotopic (exact) mass is 396 g/mol. The van der Waals surface area contributed by atoms with E-state index in [9.17, 15) is 12.8 Å². The molecule has 3 aromatic rings. The Morgan fingerprint density at radius 3 is 2.44 bits per heavy atom. The van der Waals surface area contributed by atoms with Crippen LogP contribution in [0, 0.1) is 5.82 Å². The zero-order valence-electron chi connectivity index (χ0n) is 12.9. The number of sulfone groups is 1. The molecule has 0 amide bonds. The van der Waals surface area contributed by atoms with E-state index in [0.717, 1.165) is 11.3 Å². The van der Waals surface area contributed by atoms with Gasteiger partial charge in [-0.15, -0.1) is 0 Å². The Labute approximate surface area is 154 Å². The minimum absolute atomic E-state index is 0.00805. The number of hydrogen-bond acceptors (Lipinski definition) is 4. The summed E-state index contributed by atoms with van der Waals surface area (Å²) in [6.45, 7) is 0. The predicted molar refractivity (Wildman–Crippen MR) is 98.2 cm³/mol. The van der Waals surface area contributed by atoms with Crippen molar-refractivity contribution in [2.24, 2.45) is 0 Å². The lowest BCUT2D eigenvalue weighted by Crippen LogP contribution is -2.08. The first-order chi connectivity index (χ1) is 11.9. The van der Waals surface area contributed by atoms with Gasteiger partial charge in [0.15, 0.2) is 15.0 Å². The molecule has 130 valence electrons. The number of rotatable bonds is 6. The van der Waals surface area contributed by atoms with E-state index in [0.29, 0.717) is 15.9 Å². The van der Waals surface area contributed by atoms with Crippen molar-refractivity contribution in [3.8, 4) is 11.3 Å². The molecule has 1 aromatic heterocycles. The summed E-state index contributed by atoms with van der Waals surface area (Å²) in [6, 6.07) is 12.2. The molecule has 0 bridgehead atoms. The predicted octanol–water partition coefficient (Wildman–Crippen LogP) is 4.44. The van der Waals surface area contributed by atoms with Crippen molar-refractivity contribution < 1.29 is 12.8 Å². The number of aromatic amines is 1. The van der Waals surface area contributed by atoms with Crippen LogP contribution in [0.1, 0.15) is 0 Å². The first-order valence-corrected chi connectivity index (χ1v) is 10.4. The summed E-state index contributed by atoms with van der Waals surface area (Å²) >= 11 is 7.09. The fourth-order valence-corrected chi connectivity index (χ4v) is 4.79. The summed E-state index contributed by atoms with van der Waals surface area (Å²) in [6.07, 6.45) is 1.64. The molecule has 1 heterocycles. The van der Waals surface area contributed by atoms with Crippen LogP contribution in [0.4, 0.5) is 4.39 Å². The summed E-state index contributed by atoms with van der Waals surface area (Å²) in [4.78, 5) is 7.57. The zero-order chi connectivity index (χ0) is 17.9. The number of halogens is 2. The molecule has 0 saturated heterocycles. The molecule has 3 rings (SSSR count). The van der Waals surface area contributed by atoms with Crippen molar-refractivity contribution in [1.82, 2.24) is 9.97 Å². The van der Waals surface area contributed by atoms with E-state index in [1.54, 1.807) is 30.5 Å². The molecule has 2 aromatic carbocycles. The van der Waals surface area contributed by atoms with E-state index in [4.69, 9.17) is 11.6 Å². The molecule has 0 spiro atoms. The van der Waals surface area contributed by atoms with Gasteiger partial charge in [0.2, 0.25) is 0 Å². The largest absolute Gasteiger partial charge is 0.333 e. The molecule has 0 aliphatic heterocycles. The van der Waals surface area contributed by atoms with Gasteiger partial charge in [0.1, 0.15) is 5.82 Å². The van der Waals surface area contributed by atoms with Gasteiger partial charge in [0.25, 0.3) is 0 Å². The molecule has 4 nitrogen and oxygen atoms in total. The van der Waals surface area contributed by atoms with Crippen molar-refractivity contribution in [3.63, 3.8) is 0 Å². The lowest BCUT2D eigenvalue weighted by Gasteiger charge is -2.03. The van der Waals surface area contributed by atoms with E-state index in [-0.39, 0.29) is 16.5 Å². The van der Waals surface area contributed by atoms with Gasteiger partial charge in [-0.05, 0) is 54.1 Å². The Morgan fingerprint density at radius 2 is 1.76 bits per heavy atom.